The molecule has 1 fully saturated rings. The molecule has 1 amide bonds. The first kappa shape index (κ1) is 73.6. The third-order valence-corrected chi connectivity index (χ3v) is 14.5. The maximum Gasteiger partial charge on any atom is 0.306 e. The summed E-state index contributed by atoms with van der Waals surface area (Å²) < 4.78 is 17.6. The van der Waals surface area contributed by atoms with Gasteiger partial charge in [-0.15, -0.1) is 0 Å². The molecule has 1 aliphatic rings. The third kappa shape index (κ3) is 43.0. The first-order chi connectivity index (χ1) is 38.7. The molecule has 1 aliphatic heterocycles. The van der Waals surface area contributed by atoms with Crippen molar-refractivity contribution < 1.29 is 49.3 Å². The minimum Gasteiger partial charge on any atom is -0.454 e. The number of esters is 1. The van der Waals surface area contributed by atoms with Crippen LogP contribution in [-0.4, -0.2) is 99.6 Å². The molecule has 11 nitrogen and oxygen atoms in total. The molecule has 0 aromatic rings. The number of hydrogen-bond donors (Lipinski definition) is 6. The number of carbonyl (C=O) groups is 2. The van der Waals surface area contributed by atoms with Gasteiger partial charge in [-0.1, -0.05) is 246 Å². The van der Waals surface area contributed by atoms with Crippen molar-refractivity contribution in [3.05, 3.63) is 97.2 Å². The molecule has 79 heavy (non-hydrogen) atoms. The van der Waals surface area contributed by atoms with Gasteiger partial charge in [0, 0.05) is 6.42 Å². The third-order valence-electron chi connectivity index (χ3n) is 14.5. The van der Waals surface area contributed by atoms with Crippen molar-refractivity contribution in [2.24, 2.45) is 0 Å². The van der Waals surface area contributed by atoms with Gasteiger partial charge in [0.05, 0.1) is 25.4 Å². The number of unbranched alkanes of at least 4 members (excludes halogenated alkanes) is 25. The van der Waals surface area contributed by atoms with Crippen LogP contribution in [0, 0.1) is 0 Å². The van der Waals surface area contributed by atoms with Crippen molar-refractivity contribution >= 4 is 11.9 Å². The van der Waals surface area contributed by atoms with Crippen LogP contribution in [0.2, 0.25) is 0 Å². The molecule has 8 unspecified atom stereocenters. The Kier molecular flexibility index (Phi) is 51.4. The van der Waals surface area contributed by atoms with E-state index in [0.717, 1.165) is 116 Å². The summed E-state index contributed by atoms with van der Waals surface area (Å²) in [5.74, 6) is -1.23. The number of ether oxygens (including phenoxy) is 3. The zero-order valence-corrected chi connectivity index (χ0v) is 50.2. The number of aliphatic hydroxyl groups is 5. The lowest BCUT2D eigenvalue weighted by molar-refractivity contribution is -0.305. The highest BCUT2D eigenvalue weighted by molar-refractivity contribution is 5.80. The SMILES string of the molecule is CC/C=C\C/C=C\C/C=C\C/C=C\C/C=C\CCCCCCC(O)C(=O)NC(COC1OC(CO)C(O)C(O)C1OC(=O)CCCCCCCCC/C=C\C/C=C\CCCCC)C(O)/C=C/CCCCCCCCCCCCC. The molecule has 0 spiro atoms. The van der Waals surface area contributed by atoms with Crippen molar-refractivity contribution in [1.29, 1.82) is 0 Å². The Balaban J connectivity index is 2.71. The molecule has 11 heteroatoms. The van der Waals surface area contributed by atoms with Gasteiger partial charge in [-0.2, -0.15) is 0 Å². The monoisotopic (exact) mass is 1110 g/mol. The maximum absolute atomic E-state index is 13.4. The highest BCUT2D eigenvalue weighted by Crippen LogP contribution is 2.26. The highest BCUT2D eigenvalue weighted by atomic mass is 16.7. The van der Waals surface area contributed by atoms with E-state index < -0.39 is 67.4 Å². The molecule has 0 aromatic carbocycles. The maximum atomic E-state index is 13.4. The summed E-state index contributed by atoms with van der Waals surface area (Å²) in [6.07, 6.45) is 62.9. The van der Waals surface area contributed by atoms with Gasteiger partial charge in [0.2, 0.25) is 5.91 Å². The number of amides is 1. The van der Waals surface area contributed by atoms with E-state index >= 15 is 0 Å². The number of hydrogen-bond acceptors (Lipinski definition) is 10. The Morgan fingerprint density at radius 2 is 0.911 bits per heavy atom. The van der Waals surface area contributed by atoms with Crippen molar-refractivity contribution in [2.45, 2.75) is 307 Å². The largest absolute Gasteiger partial charge is 0.454 e. The lowest BCUT2D eigenvalue weighted by atomic mass is 9.99. The fourth-order valence-electron chi connectivity index (χ4n) is 9.41. The summed E-state index contributed by atoms with van der Waals surface area (Å²) >= 11 is 0. The van der Waals surface area contributed by atoms with E-state index in [1.54, 1.807) is 6.08 Å². The Morgan fingerprint density at radius 3 is 1.39 bits per heavy atom. The molecule has 6 N–H and O–H groups in total. The topological polar surface area (TPSA) is 175 Å². The second kappa shape index (κ2) is 55.1. The summed E-state index contributed by atoms with van der Waals surface area (Å²) in [7, 11) is 0. The molecule has 454 valence electrons. The fraction of sp³-hybridized carbons (Fsp3) is 0.735. The molecule has 1 saturated heterocycles. The number of rotatable bonds is 53. The molecule has 0 radical (unpaired) electrons. The lowest BCUT2D eigenvalue weighted by Crippen LogP contribution is -2.61. The Bertz CT molecular complexity index is 1650. The molecule has 1 rings (SSSR count). The predicted molar refractivity (Wildman–Crippen MR) is 329 cm³/mol. The van der Waals surface area contributed by atoms with E-state index in [2.05, 4.69) is 111 Å². The standard InChI is InChI=1S/C68H117NO10/c1-4-7-10-13-16-19-22-25-27-29-30-31-33-34-37-40-43-46-49-52-55-61(72)67(76)69-59(60(71)54-51-48-45-42-39-36-24-21-18-15-12-9-6-3)58-77-68-66(65(75)64(74)62(57-70)78-68)79-63(73)56-53-50-47-44-41-38-35-32-28-26-23-20-17-14-11-8-5-2/h7,10,16-17,19-20,25-28,30-31,34,37,51,54,59-62,64-66,68,70-72,74-75H,4-6,8-9,11-15,18,21-24,29,32-33,35-36,38-50,52-53,55-58H2,1-3H3,(H,69,76)/b10-7-,19-16-,20-17-,27-25-,28-26-,31-30-,37-34-,54-51+. The average Bonchev–Trinajstić information content (AvgIpc) is 3.49. The minimum atomic E-state index is -1.63. The predicted octanol–water partition coefficient (Wildman–Crippen LogP) is 15.5. The molecule has 8 atom stereocenters. The van der Waals surface area contributed by atoms with Gasteiger partial charge in [-0.25, -0.2) is 0 Å². The van der Waals surface area contributed by atoms with Gasteiger partial charge in [0.15, 0.2) is 12.4 Å². The van der Waals surface area contributed by atoms with Gasteiger partial charge >= 0.3 is 5.97 Å². The van der Waals surface area contributed by atoms with Crippen LogP contribution in [0.4, 0.5) is 0 Å². The average molecular weight is 1110 g/mol. The van der Waals surface area contributed by atoms with E-state index in [1.807, 2.05) is 6.08 Å². The zero-order chi connectivity index (χ0) is 57.5. The van der Waals surface area contributed by atoms with Crippen molar-refractivity contribution in [3.8, 4) is 0 Å². The number of allylic oxidation sites excluding steroid dienone is 15. The van der Waals surface area contributed by atoms with Gasteiger partial charge in [-0.05, 0) is 103 Å². The molecular formula is C68H117NO10. The molecule has 1 heterocycles. The van der Waals surface area contributed by atoms with Crippen LogP contribution < -0.4 is 5.32 Å². The van der Waals surface area contributed by atoms with Crippen LogP contribution in [0.25, 0.3) is 0 Å². The summed E-state index contributed by atoms with van der Waals surface area (Å²) in [6.45, 7) is 5.64. The van der Waals surface area contributed by atoms with E-state index in [-0.39, 0.29) is 19.4 Å². The highest BCUT2D eigenvalue weighted by Gasteiger charge is 2.47. The van der Waals surface area contributed by atoms with Crippen molar-refractivity contribution in [2.75, 3.05) is 13.2 Å². The lowest BCUT2D eigenvalue weighted by Gasteiger charge is -2.41. The molecule has 0 aliphatic carbocycles. The second-order valence-corrected chi connectivity index (χ2v) is 21.8. The number of aliphatic hydroxyl groups excluding tert-OH is 5. The van der Waals surface area contributed by atoms with Crippen molar-refractivity contribution in [1.82, 2.24) is 5.32 Å². The Morgan fingerprint density at radius 1 is 0.506 bits per heavy atom. The fourth-order valence-corrected chi connectivity index (χ4v) is 9.41. The molecule has 0 aromatic heterocycles. The zero-order valence-electron chi connectivity index (χ0n) is 50.2. The van der Waals surface area contributed by atoms with Crippen LogP contribution in [-0.2, 0) is 23.8 Å². The van der Waals surface area contributed by atoms with Crippen LogP contribution in [0.15, 0.2) is 97.2 Å². The van der Waals surface area contributed by atoms with Crippen LogP contribution >= 0.6 is 0 Å². The first-order valence-electron chi connectivity index (χ1n) is 32.0. The Hall–Kier alpha value is -3.42. The van der Waals surface area contributed by atoms with Gasteiger partial charge < -0.3 is 45.1 Å². The van der Waals surface area contributed by atoms with Crippen LogP contribution in [0.3, 0.4) is 0 Å². The summed E-state index contributed by atoms with van der Waals surface area (Å²) in [5, 5.41) is 57.1. The van der Waals surface area contributed by atoms with Crippen LogP contribution in [0.5, 0.6) is 0 Å². The van der Waals surface area contributed by atoms with E-state index in [0.29, 0.717) is 12.8 Å². The summed E-state index contributed by atoms with van der Waals surface area (Å²) in [5.41, 5.74) is 0. The normalized spacial score (nSPS) is 19.5. The number of carbonyl (C=O) groups excluding carboxylic acids is 2. The first-order valence-corrected chi connectivity index (χ1v) is 32.0. The van der Waals surface area contributed by atoms with E-state index in [4.69, 9.17) is 14.2 Å². The molecular weight excluding hydrogens is 991 g/mol. The van der Waals surface area contributed by atoms with E-state index in [1.165, 1.54) is 96.3 Å². The smallest absolute Gasteiger partial charge is 0.306 e. The minimum absolute atomic E-state index is 0.108. The van der Waals surface area contributed by atoms with Gasteiger partial charge in [0.1, 0.15) is 24.4 Å². The van der Waals surface area contributed by atoms with Gasteiger partial charge in [-0.3, -0.25) is 9.59 Å². The summed E-state index contributed by atoms with van der Waals surface area (Å²) in [6, 6.07) is -1.04. The Labute approximate surface area is 482 Å². The summed E-state index contributed by atoms with van der Waals surface area (Å²) in [4.78, 5) is 26.6. The second-order valence-electron chi connectivity index (χ2n) is 21.8. The van der Waals surface area contributed by atoms with Crippen LogP contribution in [0.1, 0.15) is 258 Å². The van der Waals surface area contributed by atoms with E-state index in [9.17, 15) is 35.1 Å². The van der Waals surface area contributed by atoms with Crippen molar-refractivity contribution in [3.63, 3.8) is 0 Å². The quantitative estimate of drug-likeness (QED) is 0.0195. The molecule has 0 bridgehead atoms. The van der Waals surface area contributed by atoms with Gasteiger partial charge in [0.25, 0.3) is 0 Å². The molecule has 0 saturated carbocycles. The number of nitrogens with one attached hydrogen (secondary N) is 1.